The van der Waals surface area contributed by atoms with Gasteiger partial charge in [0.2, 0.25) is 0 Å². The van der Waals surface area contributed by atoms with E-state index in [1.54, 1.807) is 6.07 Å². The summed E-state index contributed by atoms with van der Waals surface area (Å²) >= 11 is 0. The molecule has 2 rings (SSSR count). The molecule has 2 aromatic rings. The molecule has 0 aliphatic heterocycles. The van der Waals surface area contributed by atoms with Crippen LogP contribution in [0.1, 0.15) is 57.4 Å². The number of rotatable bonds is 9. The molecule has 0 radical (unpaired) electrons. The van der Waals surface area contributed by atoms with Crippen molar-refractivity contribution in [3.63, 3.8) is 0 Å². The van der Waals surface area contributed by atoms with Crippen molar-refractivity contribution in [1.82, 2.24) is 0 Å². The van der Waals surface area contributed by atoms with E-state index in [0.717, 1.165) is 23.6 Å². The van der Waals surface area contributed by atoms with Crippen molar-refractivity contribution in [2.45, 2.75) is 63.2 Å². The van der Waals surface area contributed by atoms with Gasteiger partial charge < -0.3 is 4.55 Å². The number of unbranched alkanes of at least 4 members (excludes halogenated alkanes) is 6. The van der Waals surface area contributed by atoms with Gasteiger partial charge in [0, 0.05) is 0 Å². The monoisotopic (exact) mass is 356 g/mol. The predicted molar refractivity (Wildman–Crippen MR) is 93.6 cm³/mol. The second-order valence-corrected chi connectivity index (χ2v) is 7.55. The van der Waals surface area contributed by atoms with Crippen LogP contribution >= 0.6 is 0 Å². The Morgan fingerprint density at radius 3 is 2.12 bits per heavy atom. The summed E-state index contributed by atoms with van der Waals surface area (Å²) in [4.78, 5) is -0.155. The number of hydrogen-bond acceptors (Lipinski definition) is 3. The second-order valence-electron chi connectivity index (χ2n) is 6.17. The quantitative estimate of drug-likeness (QED) is 0.392. The van der Waals surface area contributed by atoms with Gasteiger partial charge in [0.1, 0.15) is 10.1 Å². The SMILES string of the molecule is CCCCCCCCCc1ccc2ccc(S(=O)(=O)[O-])cc2c1.[Na+]. The smallest absolute Gasteiger partial charge is 0.744 e. The molecule has 0 bridgehead atoms. The summed E-state index contributed by atoms with van der Waals surface area (Å²) in [6.45, 7) is 2.23. The molecule has 126 valence electrons. The molecule has 0 spiro atoms. The molecule has 3 nitrogen and oxygen atoms in total. The normalized spacial score (nSPS) is 11.4. The Labute approximate surface area is 167 Å². The molecule has 0 aliphatic rings. The van der Waals surface area contributed by atoms with Crippen LogP contribution in [0.4, 0.5) is 0 Å². The topological polar surface area (TPSA) is 57.2 Å². The summed E-state index contributed by atoms with van der Waals surface area (Å²) in [6, 6.07) is 10.6. The molecular weight excluding hydrogens is 331 g/mol. The minimum atomic E-state index is -4.39. The molecule has 0 amide bonds. The van der Waals surface area contributed by atoms with Crippen molar-refractivity contribution < 1.29 is 42.5 Å². The third kappa shape index (κ3) is 6.85. The third-order valence-electron chi connectivity index (χ3n) is 4.23. The van der Waals surface area contributed by atoms with Crippen LogP contribution in [0.3, 0.4) is 0 Å². The molecule has 0 fully saturated rings. The zero-order chi connectivity index (χ0) is 16.7. The first-order chi connectivity index (χ1) is 11.0. The average Bonchev–Trinajstić information content (AvgIpc) is 2.52. The Kier molecular flexibility index (Phi) is 9.53. The minimum Gasteiger partial charge on any atom is -0.744 e. The molecule has 0 atom stereocenters. The molecule has 5 heteroatoms. The van der Waals surface area contributed by atoms with Crippen LogP contribution in [0.25, 0.3) is 10.8 Å². The summed E-state index contributed by atoms with van der Waals surface area (Å²) in [5.41, 5.74) is 1.20. The van der Waals surface area contributed by atoms with Gasteiger partial charge in [0.15, 0.2) is 0 Å². The Balaban J connectivity index is 0.00000288. The molecule has 2 aromatic carbocycles. The second kappa shape index (κ2) is 10.6. The van der Waals surface area contributed by atoms with E-state index in [2.05, 4.69) is 13.0 Å². The summed E-state index contributed by atoms with van der Waals surface area (Å²) in [7, 11) is -4.39. The van der Waals surface area contributed by atoms with Crippen molar-refractivity contribution in [2.75, 3.05) is 0 Å². The van der Waals surface area contributed by atoms with Gasteiger partial charge in [-0.05, 0) is 41.3 Å². The van der Waals surface area contributed by atoms with E-state index in [1.165, 1.54) is 56.2 Å². The molecule has 0 N–H and O–H groups in total. The standard InChI is InChI=1S/C19H26O3S.Na/c1-2-3-4-5-6-7-8-9-16-10-11-17-12-13-19(23(20,21)22)15-18(17)14-16;/h10-15H,2-9H2,1H3,(H,20,21,22);/q;+1/p-1. The number of fused-ring (bicyclic) bond motifs is 1. The first kappa shape index (κ1) is 21.7. The number of aryl methyl sites for hydroxylation is 1. The fourth-order valence-corrected chi connectivity index (χ4v) is 3.38. The number of hydrogen-bond donors (Lipinski definition) is 0. The van der Waals surface area contributed by atoms with E-state index in [9.17, 15) is 13.0 Å². The molecule has 0 saturated heterocycles. The van der Waals surface area contributed by atoms with Crippen molar-refractivity contribution in [3.8, 4) is 0 Å². The van der Waals surface area contributed by atoms with Gasteiger partial charge in [-0.25, -0.2) is 8.42 Å². The van der Waals surface area contributed by atoms with Crippen molar-refractivity contribution in [3.05, 3.63) is 42.0 Å². The zero-order valence-corrected chi connectivity index (χ0v) is 17.6. The summed E-state index contributed by atoms with van der Waals surface area (Å²) in [6.07, 6.45) is 9.92. The molecule has 0 heterocycles. The van der Waals surface area contributed by atoms with Crippen LogP contribution in [0.5, 0.6) is 0 Å². The number of benzene rings is 2. The Morgan fingerprint density at radius 1 is 0.833 bits per heavy atom. The first-order valence-electron chi connectivity index (χ1n) is 8.49. The van der Waals surface area contributed by atoms with Gasteiger partial charge in [-0.1, -0.05) is 69.7 Å². The van der Waals surface area contributed by atoms with Crippen LogP contribution in [-0.2, 0) is 16.5 Å². The Hall–Kier alpha value is -0.390. The zero-order valence-electron chi connectivity index (χ0n) is 14.8. The van der Waals surface area contributed by atoms with E-state index < -0.39 is 10.1 Å². The maximum Gasteiger partial charge on any atom is 1.00 e. The van der Waals surface area contributed by atoms with Gasteiger partial charge in [-0.15, -0.1) is 0 Å². The first-order valence-corrected chi connectivity index (χ1v) is 9.90. The van der Waals surface area contributed by atoms with Gasteiger partial charge in [-0.3, -0.25) is 0 Å². The maximum absolute atomic E-state index is 11.1. The molecular formula is C19H25NaO3S. The van der Waals surface area contributed by atoms with Crippen molar-refractivity contribution in [2.24, 2.45) is 0 Å². The summed E-state index contributed by atoms with van der Waals surface area (Å²) < 4.78 is 33.4. The van der Waals surface area contributed by atoms with E-state index in [4.69, 9.17) is 0 Å². The fraction of sp³-hybridized carbons (Fsp3) is 0.474. The molecule has 0 aliphatic carbocycles. The predicted octanol–water partition coefficient (Wildman–Crippen LogP) is 2.04. The largest absolute Gasteiger partial charge is 1.00 e. The van der Waals surface area contributed by atoms with E-state index >= 15 is 0 Å². The van der Waals surface area contributed by atoms with Crippen molar-refractivity contribution >= 4 is 20.9 Å². The van der Waals surface area contributed by atoms with Crippen LogP contribution in [0, 0.1) is 0 Å². The molecule has 0 saturated carbocycles. The van der Waals surface area contributed by atoms with Gasteiger partial charge in [0.05, 0.1) is 4.90 Å². The average molecular weight is 356 g/mol. The van der Waals surface area contributed by atoms with Gasteiger partial charge in [0.25, 0.3) is 0 Å². The van der Waals surface area contributed by atoms with Crippen molar-refractivity contribution in [1.29, 1.82) is 0 Å². The maximum atomic E-state index is 11.1. The van der Waals surface area contributed by atoms with Crippen LogP contribution in [0.15, 0.2) is 41.3 Å². The molecule has 0 unspecified atom stereocenters. The van der Waals surface area contributed by atoms with Crippen LogP contribution < -0.4 is 29.6 Å². The summed E-state index contributed by atoms with van der Waals surface area (Å²) in [5.74, 6) is 0. The Morgan fingerprint density at radius 2 is 1.46 bits per heavy atom. The van der Waals surface area contributed by atoms with E-state index in [1.807, 2.05) is 12.1 Å². The van der Waals surface area contributed by atoms with E-state index in [-0.39, 0.29) is 34.5 Å². The van der Waals surface area contributed by atoms with Gasteiger partial charge >= 0.3 is 29.6 Å². The molecule has 24 heavy (non-hydrogen) atoms. The Bertz CT molecular complexity index is 741. The van der Waals surface area contributed by atoms with Crippen LogP contribution in [0.2, 0.25) is 0 Å². The van der Waals surface area contributed by atoms with E-state index in [0.29, 0.717) is 0 Å². The molecule has 0 aromatic heterocycles. The van der Waals surface area contributed by atoms with Crippen LogP contribution in [-0.4, -0.2) is 13.0 Å². The summed E-state index contributed by atoms with van der Waals surface area (Å²) in [5, 5.41) is 1.78. The minimum absolute atomic E-state index is 0. The fourth-order valence-electron chi connectivity index (χ4n) is 2.87. The van der Waals surface area contributed by atoms with Gasteiger partial charge in [-0.2, -0.15) is 0 Å². The third-order valence-corrected chi connectivity index (χ3v) is 5.07.